The summed E-state index contributed by atoms with van der Waals surface area (Å²) in [4.78, 5) is 26.9. The molecule has 0 N–H and O–H groups in total. The van der Waals surface area contributed by atoms with E-state index in [0.29, 0.717) is 22.7 Å². The van der Waals surface area contributed by atoms with Gasteiger partial charge in [0.15, 0.2) is 5.78 Å². The van der Waals surface area contributed by atoms with E-state index in [-0.39, 0.29) is 11.7 Å². The fourth-order valence-electron chi connectivity index (χ4n) is 3.09. The van der Waals surface area contributed by atoms with Crippen molar-refractivity contribution in [2.45, 2.75) is 32.2 Å². The molecule has 0 bridgehead atoms. The SMILES string of the molecule is C[C@@H]1CCCCN1C(=O)c1ccc(C(=O)c2ccccc2)cc1. The Morgan fingerprint density at radius 3 is 2.13 bits per heavy atom. The number of nitrogens with zero attached hydrogens (tertiary/aromatic N) is 1. The van der Waals surface area contributed by atoms with Crippen LogP contribution in [-0.2, 0) is 0 Å². The van der Waals surface area contributed by atoms with Crippen LogP contribution in [0.4, 0.5) is 0 Å². The van der Waals surface area contributed by atoms with Crippen LogP contribution in [0, 0.1) is 0 Å². The van der Waals surface area contributed by atoms with Crippen molar-refractivity contribution in [1.29, 1.82) is 0 Å². The van der Waals surface area contributed by atoms with Gasteiger partial charge >= 0.3 is 0 Å². The molecule has 1 fully saturated rings. The quantitative estimate of drug-likeness (QED) is 0.806. The second-order valence-corrected chi connectivity index (χ2v) is 6.12. The maximum absolute atomic E-state index is 12.6. The number of piperidine rings is 1. The maximum Gasteiger partial charge on any atom is 0.254 e. The van der Waals surface area contributed by atoms with Gasteiger partial charge in [-0.1, -0.05) is 42.5 Å². The lowest BCUT2D eigenvalue weighted by Crippen LogP contribution is -2.42. The highest BCUT2D eigenvalue weighted by Gasteiger charge is 2.24. The molecule has 1 aliphatic rings. The smallest absolute Gasteiger partial charge is 0.254 e. The van der Waals surface area contributed by atoms with Gasteiger partial charge in [-0.3, -0.25) is 9.59 Å². The molecular weight excluding hydrogens is 286 g/mol. The molecule has 118 valence electrons. The Morgan fingerprint density at radius 2 is 1.48 bits per heavy atom. The molecule has 0 aromatic heterocycles. The van der Waals surface area contributed by atoms with Gasteiger partial charge in [-0.25, -0.2) is 0 Å². The third-order valence-electron chi connectivity index (χ3n) is 4.49. The van der Waals surface area contributed by atoms with E-state index in [0.717, 1.165) is 19.4 Å². The standard InChI is InChI=1S/C20H21NO2/c1-15-7-5-6-14-21(15)20(23)18-12-10-17(11-13-18)19(22)16-8-3-2-4-9-16/h2-4,8-13,15H,5-7,14H2,1H3/t15-/m1/s1. The summed E-state index contributed by atoms with van der Waals surface area (Å²) in [7, 11) is 0. The van der Waals surface area contributed by atoms with E-state index >= 15 is 0 Å². The number of likely N-dealkylation sites (tertiary alicyclic amines) is 1. The van der Waals surface area contributed by atoms with Gasteiger partial charge in [0, 0.05) is 29.3 Å². The second-order valence-electron chi connectivity index (χ2n) is 6.12. The highest BCUT2D eigenvalue weighted by molar-refractivity contribution is 6.09. The first kappa shape index (κ1) is 15.5. The van der Waals surface area contributed by atoms with Crippen molar-refractivity contribution in [1.82, 2.24) is 4.90 Å². The van der Waals surface area contributed by atoms with Crippen molar-refractivity contribution in [3.63, 3.8) is 0 Å². The average Bonchev–Trinajstić information content (AvgIpc) is 2.62. The molecule has 2 aromatic rings. The Hall–Kier alpha value is -2.42. The Kier molecular flexibility index (Phi) is 4.56. The molecule has 3 rings (SSSR count). The molecule has 0 saturated carbocycles. The van der Waals surface area contributed by atoms with Crippen LogP contribution in [0.3, 0.4) is 0 Å². The molecule has 0 radical (unpaired) electrons. The molecule has 1 aliphatic heterocycles. The van der Waals surface area contributed by atoms with Crippen molar-refractivity contribution >= 4 is 11.7 Å². The Balaban J connectivity index is 1.77. The van der Waals surface area contributed by atoms with Gasteiger partial charge in [0.1, 0.15) is 0 Å². The summed E-state index contributed by atoms with van der Waals surface area (Å²) in [6, 6.07) is 16.5. The molecule has 1 heterocycles. The van der Waals surface area contributed by atoms with Crippen molar-refractivity contribution < 1.29 is 9.59 Å². The number of ketones is 1. The number of carbonyl (C=O) groups is 2. The van der Waals surface area contributed by atoms with E-state index in [1.54, 1.807) is 36.4 Å². The Labute approximate surface area is 136 Å². The number of amides is 1. The maximum atomic E-state index is 12.6. The third kappa shape index (κ3) is 3.34. The summed E-state index contributed by atoms with van der Waals surface area (Å²) in [5.41, 5.74) is 1.93. The molecule has 0 aliphatic carbocycles. The Morgan fingerprint density at radius 1 is 0.870 bits per heavy atom. The predicted molar refractivity (Wildman–Crippen MR) is 90.7 cm³/mol. The van der Waals surface area contributed by atoms with E-state index in [9.17, 15) is 9.59 Å². The molecule has 1 atom stereocenters. The van der Waals surface area contributed by atoms with Crippen LogP contribution in [-0.4, -0.2) is 29.2 Å². The van der Waals surface area contributed by atoms with Gasteiger partial charge in [-0.2, -0.15) is 0 Å². The van der Waals surface area contributed by atoms with E-state index < -0.39 is 0 Å². The number of hydrogen-bond donors (Lipinski definition) is 0. The van der Waals surface area contributed by atoms with E-state index in [1.807, 2.05) is 23.1 Å². The molecule has 0 spiro atoms. The average molecular weight is 307 g/mol. The molecule has 1 amide bonds. The van der Waals surface area contributed by atoms with Crippen molar-refractivity contribution in [3.8, 4) is 0 Å². The van der Waals surface area contributed by atoms with E-state index in [2.05, 4.69) is 6.92 Å². The summed E-state index contributed by atoms with van der Waals surface area (Å²) in [6.45, 7) is 2.93. The first-order chi connectivity index (χ1) is 11.2. The summed E-state index contributed by atoms with van der Waals surface area (Å²) >= 11 is 0. The van der Waals surface area contributed by atoms with Crippen LogP contribution >= 0.6 is 0 Å². The van der Waals surface area contributed by atoms with Gasteiger partial charge in [-0.05, 0) is 38.3 Å². The lowest BCUT2D eigenvalue weighted by atomic mass is 10.00. The van der Waals surface area contributed by atoms with Crippen LogP contribution in [0.25, 0.3) is 0 Å². The van der Waals surface area contributed by atoms with Gasteiger partial charge in [0.05, 0.1) is 0 Å². The zero-order chi connectivity index (χ0) is 16.2. The molecule has 1 saturated heterocycles. The van der Waals surface area contributed by atoms with Crippen LogP contribution in [0.15, 0.2) is 54.6 Å². The number of rotatable bonds is 3. The lowest BCUT2D eigenvalue weighted by Gasteiger charge is -2.33. The summed E-state index contributed by atoms with van der Waals surface area (Å²) in [6.07, 6.45) is 3.33. The summed E-state index contributed by atoms with van der Waals surface area (Å²) in [5, 5.41) is 0. The molecule has 3 nitrogen and oxygen atoms in total. The fraction of sp³-hybridized carbons (Fsp3) is 0.300. The van der Waals surface area contributed by atoms with Crippen LogP contribution in [0.2, 0.25) is 0 Å². The highest BCUT2D eigenvalue weighted by Crippen LogP contribution is 2.20. The van der Waals surface area contributed by atoms with Gasteiger partial charge in [0.25, 0.3) is 5.91 Å². The predicted octanol–water partition coefficient (Wildman–Crippen LogP) is 3.93. The van der Waals surface area contributed by atoms with Gasteiger partial charge < -0.3 is 4.90 Å². The van der Waals surface area contributed by atoms with Crippen molar-refractivity contribution in [3.05, 3.63) is 71.3 Å². The molecule has 2 aromatic carbocycles. The second kappa shape index (κ2) is 6.78. The summed E-state index contributed by atoms with van der Waals surface area (Å²) < 4.78 is 0. The minimum atomic E-state index is -0.0176. The van der Waals surface area contributed by atoms with E-state index in [4.69, 9.17) is 0 Å². The first-order valence-electron chi connectivity index (χ1n) is 8.17. The minimum Gasteiger partial charge on any atom is -0.336 e. The van der Waals surface area contributed by atoms with Gasteiger partial charge in [0.2, 0.25) is 0 Å². The zero-order valence-corrected chi connectivity index (χ0v) is 13.4. The molecule has 0 unspecified atom stereocenters. The van der Waals surface area contributed by atoms with Crippen LogP contribution < -0.4 is 0 Å². The monoisotopic (exact) mass is 307 g/mol. The lowest BCUT2D eigenvalue weighted by molar-refractivity contribution is 0.0635. The van der Waals surface area contributed by atoms with E-state index in [1.165, 1.54) is 6.42 Å². The topological polar surface area (TPSA) is 37.4 Å². The van der Waals surface area contributed by atoms with Crippen molar-refractivity contribution in [2.24, 2.45) is 0 Å². The van der Waals surface area contributed by atoms with Crippen LogP contribution in [0.1, 0.15) is 52.5 Å². The summed E-state index contributed by atoms with van der Waals surface area (Å²) in [5.74, 6) is 0.0480. The molecular formula is C20H21NO2. The number of hydrogen-bond acceptors (Lipinski definition) is 2. The number of benzene rings is 2. The normalized spacial score (nSPS) is 17.8. The van der Waals surface area contributed by atoms with Crippen molar-refractivity contribution in [2.75, 3.05) is 6.54 Å². The fourth-order valence-corrected chi connectivity index (χ4v) is 3.09. The van der Waals surface area contributed by atoms with Crippen LogP contribution in [0.5, 0.6) is 0 Å². The largest absolute Gasteiger partial charge is 0.336 e. The third-order valence-corrected chi connectivity index (χ3v) is 4.49. The molecule has 23 heavy (non-hydrogen) atoms. The molecule has 3 heteroatoms. The Bertz CT molecular complexity index is 691. The minimum absolute atomic E-state index is 0.0176. The zero-order valence-electron chi connectivity index (χ0n) is 13.4. The first-order valence-corrected chi connectivity index (χ1v) is 8.17. The van der Waals surface area contributed by atoms with Gasteiger partial charge in [-0.15, -0.1) is 0 Å². The number of carbonyl (C=O) groups excluding carboxylic acids is 2. The highest BCUT2D eigenvalue weighted by atomic mass is 16.2.